The Hall–Kier alpha value is -2.64. The van der Waals surface area contributed by atoms with Gasteiger partial charge in [0.2, 0.25) is 5.91 Å². The number of nitrogens with one attached hydrogen (secondary N) is 1. The van der Waals surface area contributed by atoms with Gasteiger partial charge in [-0.15, -0.1) is 11.3 Å². The summed E-state index contributed by atoms with van der Waals surface area (Å²) >= 11 is 3.31. The number of carbonyl (C=O) groups excluding carboxylic acids is 1. The van der Waals surface area contributed by atoms with E-state index < -0.39 is 0 Å². The minimum atomic E-state index is 0.0579. The minimum Gasteiger partial charge on any atom is -0.352 e. The van der Waals surface area contributed by atoms with Crippen molar-refractivity contribution in [3.05, 3.63) is 78.1 Å². The van der Waals surface area contributed by atoms with E-state index in [1.54, 1.807) is 29.3 Å². The van der Waals surface area contributed by atoms with Gasteiger partial charge in [-0.1, -0.05) is 48.2 Å². The van der Waals surface area contributed by atoms with Crippen LogP contribution in [0.25, 0.3) is 10.2 Å². The quantitative estimate of drug-likeness (QED) is 0.441. The number of aromatic nitrogens is 3. The zero-order valence-corrected chi connectivity index (χ0v) is 16.9. The number of thioether (sulfide) groups is 1. The number of benzene rings is 2. The van der Waals surface area contributed by atoms with Crippen LogP contribution in [0, 0.1) is 0 Å². The van der Waals surface area contributed by atoms with E-state index in [0.717, 1.165) is 26.7 Å². The molecule has 5 nitrogen and oxygen atoms in total. The average Bonchev–Trinajstić information content (AvgIpc) is 3.36. The van der Waals surface area contributed by atoms with E-state index in [1.165, 1.54) is 4.70 Å². The normalized spacial score (nSPS) is 11.0. The average molecular weight is 409 g/mol. The lowest BCUT2D eigenvalue weighted by molar-refractivity contribution is -0.120. The van der Waals surface area contributed by atoms with Crippen molar-refractivity contribution in [2.75, 3.05) is 5.75 Å². The molecule has 0 aliphatic carbocycles. The highest BCUT2D eigenvalue weighted by Gasteiger charge is 2.08. The lowest BCUT2D eigenvalue weighted by Gasteiger charge is -2.11. The zero-order chi connectivity index (χ0) is 19.2. The second-order valence-corrected chi connectivity index (χ2v) is 8.67. The van der Waals surface area contributed by atoms with Crippen LogP contribution in [0.2, 0.25) is 0 Å². The molecule has 7 heteroatoms. The third kappa shape index (κ3) is 4.79. The number of hydrogen-bond donors (Lipinski definition) is 1. The lowest BCUT2D eigenvalue weighted by atomic mass is 10.1. The third-order valence-corrected chi connectivity index (χ3v) is 6.50. The first-order chi connectivity index (χ1) is 13.8. The number of hydrogen-bond acceptors (Lipinski definition) is 5. The van der Waals surface area contributed by atoms with Crippen molar-refractivity contribution in [2.45, 2.75) is 23.8 Å². The van der Waals surface area contributed by atoms with Crippen molar-refractivity contribution in [3.8, 4) is 0 Å². The van der Waals surface area contributed by atoms with Crippen LogP contribution in [0.3, 0.4) is 0 Å². The number of thiazole rings is 1. The molecule has 0 saturated heterocycles. The van der Waals surface area contributed by atoms with Gasteiger partial charge in [-0.05, 0) is 29.3 Å². The molecule has 0 saturated carbocycles. The summed E-state index contributed by atoms with van der Waals surface area (Å²) < 4.78 is 4.08. The maximum Gasteiger partial charge on any atom is 0.221 e. The van der Waals surface area contributed by atoms with Gasteiger partial charge in [-0.25, -0.2) is 4.98 Å². The molecule has 0 aliphatic rings. The van der Waals surface area contributed by atoms with Gasteiger partial charge in [-0.3, -0.25) is 9.48 Å². The summed E-state index contributed by atoms with van der Waals surface area (Å²) in [5.74, 6) is 0.781. The van der Waals surface area contributed by atoms with Crippen molar-refractivity contribution in [1.82, 2.24) is 20.1 Å². The Labute approximate surface area is 171 Å². The van der Waals surface area contributed by atoms with Gasteiger partial charge in [-0.2, -0.15) is 5.10 Å². The highest BCUT2D eigenvalue weighted by Crippen LogP contribution is 2.29. The number of rotatable bonds is 8. The van der Waals surface area contributed by atoms with Crippen molar-refractivity contribution < 1.29 is 4.79 Å². The number of nitrogens with zero attached hydrogens (tertiary/aromatic N) is 3. The van der Waals surface area contributed by atoms with Crippen molar-refractivity contribution in [3.63, 3.8) is 0 Å². The monoisotopic (exact) mass is 408 g/mol. The molecule has 142 valence electrons. The topological polar surface area (TPSA) is 59.8 Å². The highest BCUT2D eigenvalue weighted by atomic mass is 32.2. The molecule has 0 atom stereocenters. The molecule has 4 rings (SSSR count). The van der Waals surface area contributed by atoms with Gasteiger partial charge in [0.15, 0.2) is 4.34 Å². The van der Waals surface area contributed by atoms with E-state index in [-0.39, 0.29) is 5.91 Å². The predicted octanol–water partition coefficient (Wildman–Crippen LogP) is 4.34. The summed E-state index contributed by atoms with van der Waals surface area (Å²) in [5, 5.41) is 7.29. The molecule has 1 N–H and O–H groups in total. The first-order valence-electron chi connectivity index (χ1n) is 9.07. The maximum absolute atomic E-state index is 12.2. The van der Waals surface area contributed by atoms with Gasteiger partial charge in [0.1, 0.15) is 0 Å². The van der Waals surface area contributed by atoms with Crippen LogP contribution < -0.4 is 5.32 Å². The summed E-state index contributed by atoms with van der Waals surface area (Å²) in [6.45, 7) is 1.23. The van der Waals surface area contributed by atoms with Crippen LogP contribution in [0.5, 0.6) is 0 Å². The van der Waals surface area contributed by atoms with Gasteiger partial charge >= 0.3 is 0 Å². The van der Waals surface area contributed by atoms with Crippen LogP contribution in [0.15, 0.2) is 71.3 Å². The smallest absolute Gasteiger partial charge is 0.221 e. The molecule has 4 aromatic rings. The number of amides is 1. The SMILES string of the molecule is O=C(CCSc1nc2ccccc2s1)NCc1ccccc1Cn1cccn1. The molecule has 0 spiro atoms. The first kappa shape index (κ1) is 18.7. The molecule has 28 heavy (non-hydrogen) atoms. The molecule has 1 amide bonds. The Morgan fingerprint density at radius 3 is 2.71 bits per heavy atom. The van der Waals surface area contributed by atoms with Gasteiger partial charge in [0.25, 0.3) is 0 Å². The fourth-order valence-electron chi connectivity index (χ4n) is 2.88. The minimum absolute atomic E-state index is 0.0579. The fraction of sp³-hybridized carbons (Fsp3) is 0.190. The number of carbonyl (C=O) groups is 1. The van der Waals surface area contributed by atoms with E-state index in [9.17, 15) is 4.79 Å². The summed E-state index contributed by atoms with van der Waals surface area (Å²) in [7, 11) is 0. The number of para-hydroxylation sites is 1. The lowest BCUT2D eigenvalue weighted by Crippen LogP contribution is -2.23. The Bertz CT molecular complexity index is 1030. The predicted molar refractivity (Wildman–Crippen MR) is 115 cm³/mol. The largest absolute Gasteiger partial charge is 0.352 e. The summed E-state index contributed by atoms with van der Waals surface area (Å²) in [6, 6.07) is 18.2. The van der Waals surface area contributed by atoms with Crippen molar-refractivity contribution >= 4 is 39.2 Å². The summed E-state index contributed by atoms with van der Waals surface area (Å²) in [4.78, 5) is 16.8. The Morgan fingerprint density at radius 1 is 1.07 bits per heavy atom. The maximum atomic E-state index is 12.2. The van der Waals surface area contributed by atoms with Gasteiger partial charge in [0.05, 0.1) is 16.8 Å². The van der Waals surface area contributed by atoms with Gasteiger partial charge < -0.3 is 5.32 Å². The Morgan fingerprint density at radius 2 is 1.89 bits per heavy atom. The van der Waals surface area contributed by atoms with E-state index in [4.69, 9.17) is 0 Å². The molecule has 2 heterocycles. The molecule has 0 radical (unpaired) electrons. The van der Waals surface area contributed by atoms with E-state index >= 15 is 0 Å². The van der Waals surface area contributed by atoms with Crippen LogP contribution in [-0.4, -0.2) is 26.4 Å². The molecular weight excluding hydrogens is 388 g/mol. The summed E-state index contributed by atoms with van der Waals surface area (Å²) in [5.41, 5.74) is 3.30. The van der Waals surface area contributed by atoms with Crippen LogP contribution in [0.4, 0.5) is 0 Å². The first-order valence-corrected chi connectivity index (χ1v) is 10.9. The fourth-order valence-corrected chi connectivity index (χ4v) is 4.96. The van der Waals surface area contributed by atoms with E-state index in [1.807, 2.05) is 47.3 Å². The zero-order valence-electron chi connectivity index (χ0n) is 15.2. The van der Waals surface area contributed by atoms with Crippen LogP contribution in [-0.2, 0) is 17.9 Å². The molecule has 0 aliphatic heterocycles. The van der Waals surface area contributed by atoms with Crippen LogP contribution in [0.1, 0.15) is 17.5 Å². The Kier molecular flexibility index (Phi) is 6.04. The number of fused-ring (bicyclic) bond motifs is 1. The van der Waals surface area contributed by atoms with E-state index in [2.05, 4.69) is 33.6 Å². The van der Waals surface area contributed by atoms with Crippen molar-refractivity contribution in [2.24, 2.45) is 0 Å². The second kappa shape index (κ2) is 9.03. The summed E-state index contributed by atoms with van der Waals surface area (Å²) in [6.07, 6.45) is 4.18. The van der Waals surface area contributed by atoms with E-state index in [0.29, 0.717) is 19.5 Å². The standard InChI is InChI=1S/C21H20N4OS2/c26-20(10-13-27-21-24-18-8-3-4-9-19(18)28-21)22-14-16-6-1-2-7-17(16)15-25-12-5-11-23-25/h1-9,11-12H,10,13-15H2,(H,22,26). The van der Waals surface area contributed by atoms with Crippen LogP contribution >= 0.6 is 23.1 Å². The molecule has 0 bridgehead atoms. The molecule has 2 aromatic carbocycles. The molecular formula is C21H20N4OS2. The van der Waals surface area contributed by atoms with Crippen molar-refractivity contribution in [1.29, 1.82) is 0 Å². The Balaban J connectivity index is 1.26. The third-order valence-electron chi connectivity index (χ3n) is 4.31. The molecule has 2 aromatic heterocycles. The van der Waals surface area contributed by atoms with Gasteiger partial charge in [0, 0.05) is 31.1 Å². The highest BCUT2D eigenvalue weighted by molar-refractivity contribution is 8.01. The molecule has 0 unspecified atom stereocenters. The second-order valence-electron chi connectivity index (χ2n) is 6.30. The molecule has 0 fully saturated rings.